The monoisotopic (exact) mass is 391 g/mol. The third kappa shape index (κ3) is 4.64. The molecule has 1 fully saturated rings. The first-order valence-electron chi connectivity index (χ1n) is 9.39. The van der Waals surface area contributed by atoms with Crippen molar-refractivity contribution in [2.45, 2.75) is 12.5 Å². The summed E-state index contributed by atoms with van der Waals surface area (Å²) in [6.07, 6.45) is 5.23. The van der Waals surface area contributed by atoms with E-state index in [0.717, 1.165) is 16.0 Å². The van der Waals surface area contributed by atoms with E-state index in [4.69, 9.17) is 9.57 Å². The van der Waals surface area contributed by atoms with E-state index in [1.165, 1.54) is 5.06 Å². The van der Waals surface area contributed by atoms with Crippen molar-refractivity contribution in [2.75, 3.05) is 13.2 Å². The van der Waals surface area contributed by atoms with Crippen LogP contribution in [-0.2, 0) is 20.8 Å². The van der Waals surface area contributed by atoms with Crippen molar-refractivity contribution in [3.05, 3.63) is 82.6 Å². The van der Waals surface area contributed by atoms with E-state index in [-0.39, 0.29) is 18.4 Å². The van der Waals surface area contributed by atoms with E-state index in [2.05, 4.69) is 10.6 Å². The van der Waals surface area contributed by atoms with Crippen molar-refractivity contribution in [3.8, 4) is 0 Å². The Balaban J connectivity index is 1.29. The molecule has 2 aromatic carbocycles. The van der Waals surface area contributed by atoms with Gasteiger partial charge < -0.3 is 15.4 Å². The zero-order valence-electron chi connectivity index (χ0n) is 15.7. The number of nitrogens with one attached hydrogen (secondary N) is 2. The molecule has 29 heavy (non-hydrogen) atoms. The molecule has 0 unspecified atom stereocenters. The highest BCUT2D eigenvalue weighted by atomic mass is 16.7. The Bertz CT molecular complexity index is 1050. The van der Waals surface area contributed by atoms with Gasteiger partial charge >= 0.3 is 6.09 Å². The maximum Gasteiger partial charge on any atom is 0.414 e. The van der Waals surface area contributed by atoms with Crippen LogP contribution in [0.5, 0.6) is 0 Å². The molecular formula is C22H21N3O4. The lowest BCUT2D eigenvalue weighted by atomic mass is 10.1. The van der Waals surface area contributed by atoms with Gasteiger partial charge in [-0.05, 0) is 34.6 Å². The summed E-state index contributed by atoms with van der Waals surface area (Å²) < 4.78 is 5.29. The number of carbonyl (C=O) groups excluding carboxylic acids is 2. The van der Waals surface area contributed by atoms with Gasteiger partial charge in [-0.3, -0.25) is 9.63 Å². The van der Waals surface area contributed by atoms with Crippen LogP contribution in [0.3, 0.4) is 0 Å². The molecule has 1 saturated heterocycles. The number of hydrogen-bond acceptors (Lipinski definition) is 5. The van der Waals surface area contributed by atoms with Crippen molar-refractivity contribution < 1.29 is 19.2 Å². The molecule has 2 heterocycles. The number of alkyl carbamates (subject to hydrolysis) is 1. The molecule has 148 valence electrons. The fraction of sp³-hybridized carbons (Fsp3) is 0.182. The van der Waals surface area contributed by atoms with Crippen LogP contribution in [0.2, 0.25) is 0 Å². The highest BCUT2D eigenvalue weighted by Gasteiger charge is 2.34. The first-order chi connectivity index (χ1) is 14.2. The second-order valence-corrected chi connectivity index (χ2v) is 6.67. The lowest BCUT2D eigenvalue weighted by molar-refractivity contribution is -0.161. The Morgan fingerprint density at radius 1 is 1.10 bits per heavy atom. The second kappa shape index (κ2) is 8.62. The van der Waals surface area contributed by atoms with Gasteiger partial charge in [0.1, 0.15) is 12.6 Å². The number of hydroxylamine groups is 2. The Labute approximate surface area is 167 Å². The van der Waals surface area contributed by atoms with Gasteiger partial charge in [-0.15, -0.1) is 0 Å². The maximum absolute atomic E-state index is 12.4. The van der Waals surface area contributed by atoms with E-state index < -0.39 is 12.1 Å². The summed E-state index contributed by atoms with van der Waals surface area (Å²) >= 11 is 0. The minimum absolute atomic E-state index is 0.0822. The molecule has 2 N–H and O–H groups in total. The predicted molar refractivity (Wildman–Crippen MR) is 107 cm³/mol. The molecule has 0 aliphatic carbocycles. The molecule has 0 radical (unpaired) electrons. The average molecular weight is 391 g/mol. The number of fused-ring (bicyclic) bond motifs is 1. The van der Waals surface area contributed by atoms with Crippen LogP contribution in [0, 0.1) is 0 Å². The number of carbonyl (C=O) groups is 2. The highest BCUT2D eigenvalue weighted by Crippen LogP contribution is 2.11. The van der Waals surface area contributed by atoms with Gasteiger partial charge in [0.15, 0.2) is 0 Å². The van der Waals surface area contributed by atoms with Crippen molar-refractivity contribution in [1.82, 2.24) is 15.7 Å². The molecule has 7 nitrogen and oxygen atoms in total. The van der Waals surface area contributed by atoms with E-state index >= 15 is 0 Å². The Hall–Kier alpha value is -3.58. The van der Waals surface area contributed by atoms with Crippen molar-refractivity contribution in [3.63, 3.8) is 0 Å². The fourth-order valence-corrected chi connectivity index (χ4v) is 3.12. The minimum atomic E-state index is -0.769. The van der Waals surface area contributed by atoms with Crippen LogP contribution < -0.4 is 21.1 Å². The molecule has 0 spiro atoms. The molecule has 0 bridgehead atoms. The number of allylic oxidation sites excluding steroid dienone is 1. The normalized spacial score (nSPS) is 17.8. The number of ether oxygens (including phenoxy) is 1. The van der Waals surface area contributed by atoms with Crippen LogP contribution in [0.1, 0.15) is 5.56 Å². The van der Waals surface area contributed by atoms with E-state index in [9.17, 15) is 9.59 Å². The van der Waals surface area contributed by atoms with Crippen LogP contribution in [0.4, 0.5) is 4.79 Å². The van der Waals surface area contributed by atoms with Crippen LogP contribution in [-0.4, -0.2) is 36.3 Å². The topological polar surface area (TPSA) is 79.9 Å². The molecule has 4 rings (SSSR count). The zero-order valence-corrected chi connectivity index (χ0v) is 15.7. The molecule has 0 saturated carbocycles. The Kier molecular flexibility index (Phi) is 5.58. The first-order valence-corrected chi connectivity index (χ1v) is 9.39. The fourth-order valence-electron chi connectivity index (χ4n) is 3.12. The lowest BCUT2D eigenvalue weighted by Crippen LogP contribution is -2.43. The summed E-state index contributed by atoms with van der Waals surface area (Å²) in [5.41, 5.74) is 1.11. The van der Waals surface area contributed by atoms with Crippen molar-refractivity contribution >= 4 is 24.3 Å². The molecule has 2 aliphatic rings. The molecule has 2 amide bonds. The molecule has 1 atom stereocenters. The summed E-state index contributed by atoms with van der Waals surface area (Å²) in [5, 5.41) is 8.79. The largest absolute Gasteiger partial charge is 0.414 e. The average Bonchev–Trinajstić information content (AvgIpc) is 2.96. The number of amides is 2. The lowest BCUT2D eigenvalue weighted by Gasteiger charge is -2.15. The number of rotatable bonds is 5. The number of nitrogens with zero attached hydrogens (tertiary/aromatic N) is 1. The SMILES string of the molecule is O=C(N[C@@H]1CON(CCc2ccccc2)C1=O)OC1=CC=c2ccccc2=CN1. The van der Waals surface area contributed by atoms with E-state index in [0.29, 0.717) is 13.0 Å². The van der Waals surface area contributed by atoms with Gasteiger partial charge in [-0.25, -0.2) is 9.86 Å². The summed E-state index contributed by atoms with van der Waals surface area (Å²) in [4.78, 5) is 30.1. The van der Waals surface area contributed by atoms with Crippen molar-refractivity contribution in [2.24, 2.45) is 0 Å². The van der Waals surface area contributed by atoms with Gasteiger partial charge in [0.25, 0.3) is 5.91 Å². The van der Waals surface area contributed by atoms with E-state index in [1.807, 2.05) is 60.7 Å². The summed E-state index contributed by atoms with van der Waals surface area (Å²) in [7, 11) is 0. The molecule has 7 heteroatoms. The Morgan fingerprint density at radius 2 is 1.86 bits per heavy atom. The number of hydrogen-bond donors (Lipinski definition) is 2. The van der Waals surface area contributed by atoms with Crippen LogP contribution in [0.25, 0.3) is 12.3 Å². The summed E-state index contributed by atoms with van der Waals surface area (Å²) in [6, 6.07) is 16.8. The second-order valence-electron chi connectivity index (χ2n) is 6.67. The third-order valence-corrected chi connectivity index (χ3v) is 4.66. The summed E-state index contributed by atoms with van der Waals surface area (Å²) in [6.45, 7) is 0.504. The quantitative estimate of drug-likeness (QED) is 0.787. The molecule has 2 aliphatic heterocycles. The first kappa shape index (κ1) is 18.8. The molecular weight excluding hydrogens is 370 g/mol. The smallest absolute Gasteiger partial charge is 0.393 e. The molecule has 2 aromatic rings. The van der Waals surface area contributed by atoms with Crippen LogP contribution in [0.15, 0.2) is 66.6 Å². The Morgan fingerprint density at radius 3 is 2.69 bits per heavy atom. The highest BCUT2D eigenvalue weighted by molar-refractivity contribution is 5.86. The maximum atomic E-state index is 12.4. The van der Waals surface area contributed by atoms with Crippen LogP contribution >= 0.6 is 0 Å². The van der Waals surface area contributed by atoms with Gasteiger partial charge in [-0.2, -0.15) is 0 Å². The van der Waals surface area contributed by atoms with Gasteiger partial charge in [0.05, 0.1) is 6.54 Å². The van der Waals surface area contributed by atoms with E-state index in [1.54, 1.807) is 12.3 Å². The molecule has 0 aromatic heterocycles. The minimum Gasteiger partial charge on any atom is -0.393 e. The van der Waals surface area contributed by atoms with Gasteiger partial charge in [0.2, 0.25) is 5.88 Å². The zero-order chi connectivity index (χ0) is 20.1. The standard InChI is InChI=1S/C22H21N3O4/c26-21-19(15-28-25(21)13-12-16-6-2-1-3-7-16)24-22(27)29-20-11-10-17-8-4-5-9-18(17)14-23-20/h1-11,14,19,23H,12-13,15H2,(H,24,27)/t19-/m1/s1. The van der Waals surface area contributed by atoms with Gasteiger partial charge in [0, 0.05) is 6.20 Å². The predicted octanol–water partition coefficient (Wildman–Crippen LogP) is 0.761. The number of benzene rings is 2. The third-order valence-electron chi connectivity index (χ3n) is 4.66. The van der Waals surface area contributed by atoms with Gasteiger partial charge in [-0.1, -0.05) is 54.6 Å². The summed E-state index contributed by atoms with van der Waals surface area (Å²) in [5.74, 6) is -0.0165. The van der Waals surface area contributed by atoms with Crippen molar-refractivity contribution in [1.29, 1.82) is 0 Å².